The summed E-state index contributed by atoms with van der Waals surface area (Å²) >= 11 is 1.22. The molecule has 1 aliphatic heterocycles. The van der Waals surface area contributed by atoms with Gasteiger partial charge in [0.15, 0.2) is 0 Å². The van der Waals surface area contributed by atoms with Gasteiger partial charge in [0, 0.05) is 17.1 Å². The quantitative estimate of drug-likeness (QED) is 0.490. The Kier molecular flexibility index (Phi) is 5.34. The van der Waals surface area contributed by atoms with Gasteiger partial charge in [-0.2, -0.15) is 13.2 Å². The molecule has 1 aromatic heterocycles. The number of rotatable bonds is 3. The fourth-order valence-electron chi connectivity index (χ4n) is 3.65. The van der Waals surface area contributed by atoms with Gasteiger partial charge in [-0.1, -0.05) is 30.8 Å². The summed E-state index contributed by atoms with van der Waals surface area (Å²) in [5.41, 5.74) is 0.471. The number of thioether (sulfide) groups is 1. The summed E-state index contributed by atoms with van der Waals surface area (Å²) in [5, 5.41) is 4.82. The number of alkyl halides is 3. The Labute approximate surface area is 179 Å². The molecule has 1 aliphatic rings. The Morgan fingerprint density at radius 1 is 1.19 bits per heavy atom. The number of fused-ring (bicyclic) bond motifs is 3. The molecule has 0 aliphatic carbocycles. The van der Waals surface area contributed by atoms with Crippen LogP contribution in [0.15, 0.2) is 58.5 Å². The molecule has 0 saturated heterocycles. The summed E-state index contributed by atoms with van der Waals surface area (Å²) in [5.74, 6) is -0.247. The van der Waals surface area contributed by atoms with Gasteiger partial charge in [0.25, 0.3) is 6.17 Å². The molecule has 0 radical (unpaired) electrons. The number of nitrogens with zero attached hydrogens (tertiary/aromatic N) is 3. The Morgan fingerprint density at radius 2 is 1.87 bits per heavy atom. The molecule has 1 amide bonds. The van der Waals surface area contributed by atoms with Crippen molar-refractivity contribution in [3.63, 3.8) is 0 Å². The Bertz CT molecular complexity index is 1210. The Hall–Kier alpha value is -3.14. The van der Waals surface area contributed by atoms with Gasteiger partial charge in [-0.15, -0.1) is 0 Å². The van der Waals surface area contributed by atoms with Crippen LogP contribution in [0.2, 0.25) is 0 Å². The Morgan fingerprint density at radius 3 is 2.48 bits per heavy atom. The first kappa shape index (κ1) is 21.1. The summed E-state index contributed by atoms with van der Waals surface area (Å²) in [6.07, 6.45) is -3.49. The number of anilines is 1. The highest BCUT2D eigenvalue weighted by Crippen LogP contribution is 2.38. The van der Waals surface area contributed by atoms with Gasteiger partial charge in [0.2, 0.25) is 11.1 Å². The largest absolute Gasteiger partial charge is 0.416 e. The lowest BCUT2D eigenvalue weighted by atomic mass is 10.0. The molecule has 6 nitrogen and oxygen atoms in total. The number of aromatic amines is 1. The zero-order chi connectivity index (χ0) is 22.3. The van der Waals surface area contributed by atoms with Crippen molar-refractivity contribution in [3.05, 3.63) is 70.0 Å². The summed E-state index contributed by atoms with van der Waals surface area (Å²) in [4.78, 5) is 30.1. The highest BCUT2D eigenvalue weighted by molar-refractivity contribution is 7.98. The average Bonchev–Trinajstić information content (AvgIpc) is 2.76. The van der Waals surface area contributed by atoms with Crippen LogP contribution in [0.4, 0.5) is 18.9 Å². The second-order valence-corrected chi connectivity index (χ2v) is 7.68. The van der Waals surface area contributed by atoms with E-state index in [-0.39, 0.29) is 18.0 Å². The summed E-state index contributed by atoms with van der Waals surface area (Å²) in [6.45, 7) is 1.70. The number of amides is 1. The molecule has 0 spiro atoms. The second kappa shape index (κ2) is 7.84. The van der Waals surface area contributed by atoms with Gasteiger partial charge in [0.1, 0.15) is 0 Å². The van der Waals surface area contributed by atoms with Gasteiger partial charge < -0.3 is 0 Å². The number of halogens is 3. The summed E-state index contributed by atoms with van der Waals surface area (Å²) < 4.78 is 40.7. The van der Waals surface area contributed by atoms with Crippen molar-refractivity contribution in [1.82, 2.24) is 10.1 Å². The molecular formula is C21H18F3N4O2S+. The number of nitrogens with one attached hydrogen (secondary N) is 1. The van der Waals surface area contributed by atoms with Crippen LogP contribution in [0.1, 0.15) is 30.6 Å². The first-order chi connectivity index (χ1) is 14.8. The number of H-pyrrole nitrogens is 1. The van der Waals surface area contributed by atoms with E-state index in [2.05, 4.69) is 10.1 Å². The standard InChI is InChI=1S/C21H17F3N4O2S/c1-3-16(29)27-15-7-5-4-6-14(15)17-18(30)25-20(31-2)26-28(17)19(27)12-8-10-13(11-9-12)21(22,23)24/h4-11,19H,3H2,1-2H3/p+1. The van der Waals surface area contributed by atoms with Crippen molar-refractivity contribution in [2.45, 2.75) is 30.8 Å². The maximum Gasteiger partial charge on any atom is 0.416 e. The normalized spacial score (nSPS) is 15.4. The van der Waals surface area contributed by atoms with Crippen LogP contribution >= 0.6 is 11.8 Å². The maximum atomic E-state index is 13.1. The number of hydrogen-bond donors (Lipinski definition) is 1. The third-order valence-electron chi connectivity index (χ3n) is 5.06. The second-order valence-electron chi connectivity index (χ2n) is 6.88. The van der Waals surface area contributed by atoms with E-state index in [1.54, 1.807) is 37.4 Å². The van der Waals surface area contributed by atoms with E-state index in [1.165, 1.54) is 33.5 Å². The van der Waals surface area contributed by atoms with E-state index in [0.717, 1.165) is 12.1 Å². The summed E-state index contributed by atoms with van der Waals surface area (Å²) in [6, 6.07) is 11.5. The van der Waals surface area contributed by atoms with E-state index in [1.807, 2.05) is 0 Å². The van der Waals surface area contributed by atoms with Crippen LogP contribution in [-0.2, 0) is 11.0 Å². The molecule has 1 N–H and O–H groups in total. The van der Waals surface area contributed by atoms with E-state index >= 15 is 0 Å². The van der Waals surface area contributed by atoms with Crippen LogP contribution in [0.25, 0.3) is 11.3 Å². The minimum Gasteiger partial charge on any atom is -0.291 e. The van der Waals surface area contributed by atoms with Crippen molar-refractivity contribution in [3.8, 4) is 11.3 Å². The third-order valence-corrected chi connectivity index (χ3v) is 5.63. The molecule has 2 aromatic carbocycles. The number of benzene rings is 2. The summed E-state index contributed by atoms with van der Waals surface area (Å²) in [7, 11) is 0. The van der Waals surface area contributed by atoms with Gasteiger partial charge in [-0.3, -0.25) is 14.6 Å². The molecule has 2 heterocycles. The molecule has 4 rings (SSSR count). The molecular weight excluding hydrogens is 429 g/mol. The van der Waals surface area contributed by atoms with Crippen LogP contribution in [0, 0.1) is 0 Å². The van der Waals surface area contributed by atoms with E-state index in [9.17, 15) is 22.8 Å². The number of aromatic nitrogens is 3. The zero-order valence-corrected chi connectivity index (χ0v) is 17.4. The monoisotopic (exact) mass is 447 g/mol. The van der Waals surface area contributed by atoms with E-state index < -0.39 is 23.5 Å². The van der Waals surface area contributed by atoms with Crippen LogP contribution in [-0.4, -0.2) is 22.2 Å². The van der Waals surface area contributed by atoms with Crippen molar-refractivity contribution < 1.29 is 22.6 Å². The topological polar surface area (TPSA) is 69.9 Å². The lowest BCUT2D eigenvalue weighted by Crippen LogP contribution is -2.60. The fraction of sp³-hybridized carbons (Fsp3) is 0.238. The van der Waals surface area contributed by atoms with E-state index in [4.69, 9.17) is 0 Å². The average molecular weight is 447 g/mol. The highest BCUT2D eigenvalue weighted by Gasteiger charge is 2.45. The molecule has 0 bridgehead atoms. The number of hydrogen-bond acceptors (Lipinski definition) is 4. The number of para-hydroxylation sites is 1. The molecule has 1 atom stereocenters. The van der Waals surface area contributed by atoms with Crippen LogP contribution < -0.4 is 15.1 Å². The van der Waals surface area contributed by atoms with Crippen molar-refractivity contribution in [2.75, 3.05) is 11.2 Å². The molecule has 31 heavy (non-hydrogen) atoms. The first-order valence-electron chi connectivity index (χ1n) is 9.45. The Balaban J connectivity index is 2.01. The fourth-order valence-corrected chi connectivity index (χ4v) is 4.01. The van der Waals surface area contributed by atoms with Crippen molar-refractivity contribution in [2.24, 2.45) is 0 Å². The number of carbonyl (C=O) groups excluding carboxylic acids is 1. The van der Waals surface area contributed by atoms with Gasteiger partial charge in [-0.25, -0.2) is 4.90 Å². The third kappa shape index (κ3) is 3.60. The zero-order valence-electron chi connectivity index (χ0n) is 16.6. The van der Waals surface area contributed by atoms with Gasteiger partial charge in [-0.05, 0) is 47.3 Å². The molecule has 160 valence electrons. The van der Waals surface area contributed by atoms with E-state index in [0.29, 0.717) is 22.0 Å². The minimum absolute atomic E-state index is 0.167. The highest BCUT2D eigenvalue weighted by atomic mass is 32.2. The minimum atomic E-state index is -4.48. The van der Waals surface area contributed by atoms with Crippen LogP contribution in [0.3, 0.4) is 0 Å². The van der Waals surface area contributed by atoms with Crippen LogP contribution in [0.5, 0.6) is 0 Å². The molecule has 3 aromatic rings. The molecule has 0 saturated carbocycles. The van der Waals surface area contributed by atoms with Crippen molar-refractivity contribution >= 4 is 23.4 Å². The smallest absolute Gasteiger partial charge is 0.291 e. The predicted molar refractivity (Wildman–Crippen MR) is 110 cm³/mol. The van der Waals surface area contributed by atoms with Gasteiger partial charge in [0.05, 0.1) is 16.8 Å². The predicted octanol–water partition coefficient (Wildman–Crippen LogP) is 3.77. The van der Waals surface area contributed by atoms with Crippen molar-refractivity contribution in [1.29, 1.82) is 0 Å². The first-order valence-corrected chi connectivity index (χ1v) is 10.7. The van der Waals surface area contributed by atoms with Gasteiger partial charge >= 0.3 is 17.4 Å². The lowest BCUT2D eigenvalue weighted by molar-refractivity contribution is -0.763. The lowest BCUT2D eigenvalue weighted by Gasteiger charge is -2.32. The molecule has 10 heteroatoms. The number of carbonyl (C=O) groups is 1. The maximum absolute atomic E-state index is 13.1. The SMILES string of the molecule is CCC(=O)N1c2ccccc2-c2c(=O)[nH]c(SC)n[n+]2C1c1ccc(C(F)(F)F)cc1. The molecule has 1 unspecified atom stereocenters. The molecule has 0 fully saturated rings.